The highest BCUT2D eigenvalue weighted by molar-refractivity contribution is 7.12. The molecule has 0 radical (unpaired) electrons. The average Bonchev–Trinajstić information content (AvgIpc) is 3.36. The summed E-state index contributed by atoms with van der Waals surface area (Å²) >= 11 is 7.57. The lowest BCUT2D eigenvalue weighted by atomic mass is 10.2. The minimum Gasteiger partial charge on any atom is -0.369 e. The average molecular weight is 483 g/mol. The summed E-state index contributed by atoms with van der Waals surface area (Å²) in [5.41, 5.74) is 3.43. The first-order valence-corrected chi connectivity index (χ1v) is 12.2. The quantitative estimate of drug-likeness (QED) is 0.520. The van der Waals surface area contributed by atoms with Gasteiger partial charge in [-0.2, -0.15) is 0 Å². The van der Waals surface area contributed by atoms with Crippen LogP contribution in [0.1, 0.15) is 25.6 Å². The minimum atomic E-state index is -0.241. The summed E-state index contributed by atoms with van der Waals surface area (Å²) in [5.74, 6) is -0.425. The molecule has 1 aliphatic heterocycles. The molecule has 33 heavy (non-hydrogen) atoms. The zero-order valence-corrected chi connectivity index (χ0v) is 20.1. The van der Waals surface area contributed by atoms with Gasteiger partial charge >= 0.3 is 0 Å². The summed E-state index contributed by atoms with van der Waals surface area (Å²) in [6, 6.07) is 17.1. The molecule has 1 fully saturated rings. The number of thiophene rings is 1. The maximum atomic E-state index is 12.6. The fraction of sp³-hybridized carbons (Fsp3) is 0.280. The molecule has 0 saturated carbocycles. The van der Waals surface area contributed by atoms with E-state index in [1.54, 1.807) is 24.3 Å². The number of benzene rings is 2. The highest BCUT2D eigenvalue weighted by Gasteiger charge is 2.18. The van der Waals surface area contributed by atoms with Gasteiger partial charge in [-0.25, -0.2) is 0 Å². The van der Waals surface area contributed by atoms with Crippen LogP contribution >= 0.6 is 22.9 Å². The fourth-order valence-electron chi connectivity index (χ4n) is 3.84. The van der Waals surface area contributed by atoms with E-state index in [0.717, 1.165) is 32.7 Å². The molecule has 2 aromatic carbocycles. The molecule has 0 spiro atoms. The van der Waals surface area contributed by atoms with Crippen LogP contribution in [-0.2, 0) is 0 Å². The Hall–Kier alpha value is -2.87. The maximum absolute atomic E-state index is 12.6. The van der Waals surface area contributed by atoms with Crippen molar-refractivity contribution in [1.29, 1.82) is 0 Å². The second kappa shape index (κ2) is 10.8. The van der Waals surface area contributed by atoms with E-state index in [2.05, 4.69) is 51.6 Å². The van der Waals surface area contributed by atoms with Crippen LogP contribution in [0.4, 0.5) is 11.4 Å². The van der Waals surface area contributed by atoms with Crippen LogP contribution in [0.5, 0.6) is 0 Å². The van der Waals surface area contributed by atoms with Crippen LogP contribution in [0, 0.1) is 6.92 Å². The lowest BCUT2D eigenvalue weighted by Crippen LogP contribution is -2.48. The summed E-state index contributed by atoms with van der Waals surface area (Å²) in [5, 5.41) is 7.99. The van der Waals surface area contributed by atoms with Gasteiger partial charge < -0.3 is 15.5 Å². The number of amides is 2. The summed E-state index contributed by atoms with van der Waals surface area (Å²) in [6.07, 6.45) is 0. The van der Waals surface area contributed by atoms with Crippen LogP contribution in [0.3, 0.4) is 0 Å². The van der Waals surface area contributed by atoms with E-state index >= 15 is 0 Å². The number of hydrogen-bond donors (Lipinski definition) is 2. The van der Waals surface area contributed by atoms with Gasteiger partial charge in [-0.05, 0) is 54.3 Å². The number of carbonyl (C=O) groups excluding carboxylic acids is 2. The zero-order valence-electron chi connectivity index (χ0n) is 18.5. The Morgan fingerprint density at radius 2 is 1.82 bits per heavy atom. The third-order valence-corrected chi connectivity index (χ3v) is 6.87. The van der Waals surface area contributed by atoms with Gasteiger partial charge in [0.15, 0.2) is 0 Å². The van der Waals surface area contributed by atoms with Crippen LogP contribution in [0.25, 0.3) is 0 Å². The SMILES string of the molecule is Cc1cccc(N2CCN(CCNC(=O)c3ccc(Cl)c(NC(=O)c4cccs4)c3)CC2)c1. The monoisotopic (exact) mass is 482 g/mol. The molecule has 2 amide bonds. The van der Waals surface area contributed by atoms with Crippen LogP contribution in [0.15, 0.2) is 60.0 Å². The van der Waals surface area contributed by atoms with Crippen molar-refractivity contribution < 1.29 is 9.59 Å². The molecule has 0 atom stereocenters. The third-order valence-electron chi connectivity index (χ3n) is 5.67. The Morgan fingerprint density at radius 1 is 1.00 bits per heavy atom. The minimum absolute atomic E-state index is 0.184. The van der Waals surface area contributed by atoms with Gasteiger partial charge in [-0.3, -0.25) is 14.5 Å². The molecule has 0 aliphatic carbocycles. The number of hydrogen-bond acceptors (Lipinski definition) is 5. The van der Waals surface area contributed by atoms with Crippen molar-refractivity contribution in [3.05, 3.63) is 81.0 Å². The third kappa shape index (κ3) is 6.13. The summed E-state index contributed by atoms with van der Waals surface area (Å²) in [4.78, 5) is 30.3. The number of carbonyl (C=O) groups is 2. The van der Waals surface area contributed by atoms with E-state index < -0.39 is 0 Å². The Labute approximate surface area is 203 Å². The summed E-state index contributed by atoms with van der Waals surface area (Å²) < 4.78 is 0. The highest BCUT2D eigenvalue weighted by Crippen LogP contribution is 2.24. The van der Waals surface area contributed by atoms with E-state index in [4.69, 9.17) is 11.6 Å². The van der Waals surface area contributed by atoms with E-state index in [9.17, 15) is 9.59 Å². The van der Waals surface area contributed by atoms with Gasteiger partial charge in [0.05, 0.1) is 15.6 Å². The molecular formula is C25H27ClN4O2S. The van der Waals surface area contributed by atoms with Gasteiger partial charge in [0.1, 0.15) is 0 Å². The number of anilines is 2. The Bertz CT molecular complexity index is 1110. The van der Waals surface area contributed by atoms with Gasteiger partial charge in [-0.1, -0.05) is 29.8 Å². The first-order valence-electron chi connectivity index (χ1n) is 11.0. The van der Waals surface area contributed by atoms with Crippen molar-refractivity contribution in [3.8, 4) is 0 Å². The van der Waals surface area contributed by atoms with Gasteiger partial charge in [0.2, 0.25) is 0 Å². The number of halogens is 1. The van der Waals surface area contributed by atoms with Crippen LogP contribution in [0.2, 0.25) is 5.02 Å². The zero-order chi connectivity index (χ0) is 23.2. The van der Waals surface area contributed by atoms with Crippen molar-refractivity contribution >= 4 is 46.1 Å². The lowest BCUT2D eigenvalue weighted by molar-refractivity contribution is 0.0946. The number of rotatable bonds is 7. The normalized spacial score (nSPS) is 14.2. The van der Waals surface area contributed by atoms with Crippen LogP contribution in [-0.4, -0.2) is 56.0 Å². The fourth-order valence-corrected chi connectivity index (χ4v) is 4.62. The molecule has 6 nitrogen and oxygen atoms in total. The van der Waals surface area contributed by atoms with E-state index in [1.165, 1.54) is 22.6 Å². The molecule has 3 aromatic rings. The molecule has 4 rings (SSSR count). The van der Waals surface area contributed by atoms with Crippen LogP contribution < -0.4 is 15.5 Å². The Morgan fingerprint density at radius 3 is 2.55 bits per heavy atom. The van der Waals surface area contributed by atoms with Gasteiger partial charge in [0.25, 0.3) is 11.8 Å². The van der Waals surface area contributed by atoms with E-state index in [0.29, 0.717) is 27.7 Å². The predicted octanol–water partition coefficient (Wildman–Crippen LogP) is 4.51. The molecule has 1 aliphatic rings. The molecule has 2 N–H and O–H groups in total. The van der Waals surface area contributed by atoms with E-state index in [1.807, 2.05) is 11.4 Å². The first-order chi connectivity index (χ1) is 16.0. The van der Waals surface area contributed by atoms with Crippen molar-refractivity contribution in [2.45, 2.75) is 6.92 Å². The molecule has 1 saturated heterocycles. The first kappa shape index (κ1) is 23.3. The molecule has 2 heterocycles. The largest absolute Gasteiger partial charge is 0.369 e. The number of nitrogens with zero attached hydrogens (tertiary/aromatic N) is 2. The molecule has 1 aromatic heterocycles. The summed E-state index contributed by atoms with van der Waals surface area (Å²) in [7, 11) is 0. The second-order valence-corrected chi connectivity index (χ2v) is 9.40. The smallest absolute Gasteiger partial charge is 0.265 e. The number of aryl methyl sites for hydroxylation is 1. The maximum Gasteiger partial charge on any atom is 0.265 e. The number of piperazine rings is 1. The predicted molar refractivity (Wildman–Crippen MR) is 136 cm³/mol. The highest BCUT2D eigenvalue weighted by atomic mass is 35.5. The van der Waals surface area contributed by atoms with E-state index in [-0.39, 0.29) is 11.8 Å². The Balaban J connectivity index is 1.25. The molecule has 172 valence electrons. The number of nitrogens with one attached hydrogen (secondary N) is 2. The van der Waals surface area contributed by atoms with Gasteiger partial charge in [-0.15, -0.1) is 11.3 Å². The molecule has 8 heteroatoms. The Kier molecular flexibility index (Phi) is 7.65. The molecular weight excluding hydrogens is 456 g/mol. The lowest BCUT2D eigenvalue weighted by Gasteiger charge is -2.36. The molecule has 0 unspecified atom stereocenters. The van der Waals surface area contributed by atoms with Crippen molar-refractivity contribution in [1.82, 2.24) is 10.2 Å². The summed E-state index contributed by atoms with van der Waals surface area (Å²) in [6.45, 7) is 7.34. The van der Waals surface area contributed by atoms with Gasteiger partial charge in [0, 0.05) is 50.5 Å². The standard InChI is InChI=1S/C25H27ClN4O2S/c1-18-4-2-5-20(16-18)30-13-11-29(12-14-30)10-9-27-24(31)19-7-8-21(26)22(17-19)28-25(32)23-6-3-15-33-23/h2-8,15-17H,9-14H2,1H3,(H,27,31)(H,28,32). The van der Waals surface area contributed by atoms with Crippen molar-refractivity contribution in [3.63, 3.8) is 0 Å². The second-order valence-electron chi connectivity index (χ2n) is 8.05. The van der Waals surface area contributed by atoms with Crippen molar-refractivity contribution in [2.24, 2.45) is 0 Å². The topological polar surface area (TPSA) is 64.7 Å². The van der Waals surface area contributed by atoms with Crippen molar-refractivity contribution in [2.75, 3.05) is 49.5 Å². The molecule has 0 bridgehead atoms.